The van der Waals surface area contributed by atoms with Crippen LogP contribution >= 0.6 is 27.5 Å². The number of hydrogen-bond acceptors (Lipinski definition) is 5. The van der Waals surface area contributed by atoms with Crippen molar-refractivity contribution in [3.05, 3.63) is 45.9 Å². The standard InChI is InChI=1S/C24H26BrClN2O5/c1-31-20-9-14(10-21(32-2)24(20)33-3)18-12-19(27-8-4-5-22(27)29)16-11-15(25)6-7-17(16)28(18)23(30)13-26/h6-7,9-11,18-19H,4-5,8,12-13H2,1-3H3. The van der Waals surface area contributed by atoms with Gasteiger partial charge in [0.25, 0.3) is 0 Å². The molecule has 2 unspecified atom stereocenters. The quantitative estimate of drug-likeness (QED) is 0.493. The first kappa shape index (κ1) is 23.7. The minimum atomic E-state index is -0.378. The molecule has 2 amide bonds. The molecule has 1 saturated heterocycles. The molecule has 7 nitrogen and oxygen atoms in total. The fourth-order valence-electron chi connectivity index (χ4n) is 4.87. The first-order valence-electron chi connectivity index (χ1n) is 10.7. The van der Waals surface area contributed by atoms with Crippen LogP contribution in [0.2, 0.25) is 0 Å². The molecule has 0 saturated carbocycles. The number of rotatable bonds is 6. The molecule has 2 aromatic carbocycles. The number of alkyl halides is 1. The number of benzene rings is 2. The Balaban J connectivity index is 1.91. The van der Waals surface area contributed by atoms with Gasteiger partial charge in [0.05, 0.1) is 33.4 Å². The summed E-state index contributed by atoms with van der Waals surface area (Å²) < 4.78 is 17.5. The van der Waals surface area contributed by atoms with E-state index in [2.05, 4.69) is 15.9 Å². The van der Waals surface area contributed by atoms with E-state index in [-0.39, 0.29) is 29.8 Å². The van der Waals surface area contributed by atoms with E-state index in [0.717, 1.165) is 27.7 Å². The number of methoxy groups -OCH3 is 3. The molecule has 2 atom stereocenters. The highest BCUT2D eigenvalue weighted by molar-refractivity contribution is 9.10. The summed E-state index contributed by atoms with van der Waals surface area (Å²) in [5, 5.41) is 0. The Morgan fingerprint density at radius 3 is 2.33 bits per heavy atom. The van der Waals surface area contributed by atoms with Gasteiger partial charge in [-0.2, -0.15) is 0 Å². The van der Waals surface area contributed by atoms with E-state index in [9.17, 15) is 9.59 Å². The molecule has 0 radical (unpaired) electrons. The molecule has 0 spiro atoms. The summed E-state index contributed by atoms with van der Waals surface area (Å²) in [6.07, 6.45) is 1.90. The van der Waals surface area contributed by atoms with Crippen molar-refractivity contribution >= 4 is 45.0 Å². The average Bonchev–Trinajstić information content (AvgIpc) is 3.26. The van der Waals surface area contributed by atoms with Gasteiger partial charge in [-0.3, -0.25) is 9.59 Å². The summed E-state index contributed by atoms with van der Waals surface area (Å²) in [6.45, 7) is 0.695. The van der Waals surface area contributed by atoms with Gasteiger partial charge >= 0.3 is 0 Å². The Hall–Kier alpha value is -2.45. The van der Waals surface area contributed by atoms with Crippen LogP contribution in [-0.4, -0.2) is 50.5 Å². The molecule has 176 valence electrons. The highest BCUT2D eigenvalue weighted by atomic mass is 79.9. The second kappa shape index (κ2) is 9.81. The van der Waals surface area contributed by atoms with Crippen molar-refractivity contribution in [3.8, 4) is 17.2 Å². The zero-order valence-corrected chi connectivity index (χ0v) is 21.1. The van der Waals surface area contributed by atoms with E-state index in [1.165, 1.54) is 0 Å². The minimum absolute atomic E-state index is 0.131. The summed E-state index contributed by atoms with van der Waals surface area (Å²) in [4.78, 5) is 29.5. The molecule has 2 aliphatic rings. The first-order chi connectivity index (χ1) is 15.9. The van der Waals surface area contributed by atoms with Crippen LogP contribution in [0.1, 0.15) is 42.5 Å². The summed E-state index contributed by atoms with van der Waals surface area (Å²) >= 11 is 9.60. The lowest BCUT2D eigenvalue weighted by Crippen LogP contribution is -2.44. The van der Waals surface area contributed by atoms with Crippen molar-refractivity contribution in [2.75, 3.05) is 38.7 Å². The molecule has 0 aromatic heterocycles. The van der Waals surface area contributed by atoms with Crippen LogP contribution in [0.3, 0.4) is 0 Å². The largest absolute Gasteiger partial charge is 0.493 e. The van der Waals surface area contributed by atoms with Gasteiger partial charge in [0.1, 0.15) is 5.88 Å². The molecule has 33 heavy (non-hydrogen) atoms. The van der Waals surface area contributed by atoms with Crippen LogP contribution in [0.4, 0.5) is 5.69 Å². The van der Waals surface area contributed by atoms with E-state index in [0.29, 0.717) is 36.6 Å². The summed E-state index contributed by atoms with van der Waals surface area (Å²) in [7, 11) is 4.66. The van der Waals surface area contributed by atoms with E-state index < -0.39 is 0 Å². The Kier molecular flexibility index (Phi) is 7.05. The van der Waals surface area contributed by atoms with Crippen LogP contribution in [0, 0.1) is 0 Å². The van der Waals surface area contributed by atoms with Crippen LogP contribution in [0.25, 0.3) is 0 Å². The molecule has 2 aliphatic heterocycles. The van der Waals surface area contributed by atoms with Gasteiger partial charge in [0, 0.05) is 23.1 Å². The van der Waals surface area contributed by atoms with Gasteiger partial charge < -0.3 is 24.0 Å². The van der Waals surface area contributed by atoms with Crippen molar-refractivity contribution in [1.29, 1.82) is 0 Å². The Bertz CT molecular complexity index is 1050. The van der Waals surface area contributed by atoms with E-state index >= 15 is 0 Å². The maximum Gasteiger partial charge on any atom is 0.242 e. The van der Waals surface area contributed by atoms with Gasteiger partial charge in [-0.25, -0.2) is 0 Å². The number of carbonyl (C=O) groups is 2. The monoisotopic (exact) mass is 536 g/mol. The van der Waals surface area contributed by atoms with Gasteiger partial charge in [0.2, 0.25) is 17.6 Å². The fraction of sp³-hybridized carbons (Fsp3) is 0.417. The zero-order valence-electron chi connectivity index (χ0n) is 18.8. The molecule has 4 rings (SSSR count). The number of ether oxygens (including phenoxy) is 3. The number of hydrogen-bond donors (Lipinski definition) is 0. The van der Waals surface area contributed by atoms with E-state index in [1.54, 1.807) is 26.2 Å². The number of halogens is 2. The molecular formula is C24H26BrClN2O5. The van der Waals surface area contributed by atoms with E-state index in [1.807, 2.05) is 35.2 Å². The lowest BCUT2D eigenvalue weighted by molar-refractivity contribution is -0.130. The highest BCUT2D eigenvalue weighted by Gasteiger charge is 2.41. The lowest BCUT2D eigenvalue weighted by atomic mass is 9.86. The van der Waals surface area contributed by atoms with Crippen molar-refractivity contribution in [1.82, 2.24) is 4.90 Å². The number of anilines is 1. The van der Waals surface area contributed by atoms with Crippen LogP contribution < -0.4 is 19.1 Å². The molecule has 9 heteroatoms. The summed E-state index contributed by atoms with van der Waals surface area (Å²) in [5.41, 5.74) is 2.49. The molecular weight excluding hydrogens is 512 g/mol. The Labute approximate surface area is 206 Å². The normalized spacial score (nSPS) is 20.0. The summed E-state index contributed by atoms with van der Waals surface area (Å²) in [5.74, 6) is 1.23. The summed E-state index contributed by atoms with van der Waals surface area (Å²) in [6, 6.07) is 8.95. The van der Waals surface area contributed by atoms with Crippen LogP contribution in [-0.2, 0) is 9.59 Å². The maximum atomic E-state index is 13.1. The third kappa shape index (κ3) is 4.26. The predicted molar refractivity (Wildman–Crippen MR) is 129 cm³/mol. The molecule has 0 aliphatic carbocycles. The molecule has 1 fully saturated rings. The highest BCUT2D eigenvalue weighted by Crippen LogP contribution is 2.50. The number of fused-ring (bicyclic) bond motifs is 1. The molecule has 2 heterocycles. The van der Waals surface area contributed by atoms with Gasteiger partial charge in [-0.1, -0.05) is 15.9 Å². The molecule has 0 bridgehead atoms. The maximum absolute atomic E-state index is 13.1. The number of likely N-dealkylation sites (tertiary alicyclic amines) is 1. The minimum Gasteiger partial charge on any atom is -0.493 e. The van der Waals surface area contributed by atoms with E-state index in [4.69, 9.17) is 25.8 Å². The van der Waals surface area contributed by atoms with Crippen molar-refractivity contribution < 1.29 is 23.8 Å². The predicted octanol–water partition coefficient (Wildman–Crippen LogP) is 4.86. The average molecular weight is 538 g/mol. The van der Waals surface area contributed by atoms with Crippen molar-refractivity contribution in [2.45, 2.75) is 31.3 Å². The lowest BCUT2D eigenvalue weighted by Gasteiger charge is -2.44. The Morgan fingerprint density at radius 1 is 1.09 bits per heavy atom. The third-order valence-corrected chi connectivity index (χ3v) is 7.03. The number of nitrogens with zero attached hydrogens (tertiary/aromatic N) is 2. The third-order valence-electron chi connectivity index (χ3n) is 6.31. The van der Waals surface area contributed by atoms with Crippen molar-refractivity contribution in [2.24, 2.45) is 0 Å². The second-order valence-electron chi connectivity index (χ2n) is 8.02. The molecule has 0 N–H and O–H groups in total. The van der Waals surface area contributed by atoms with Crippen LogP contribution in [0.15, 0.2) is 34.8 Å². The smallest absolute Gasteiger partial charge is 0.242 e. The van der Waals surface area contributed by atoms with Crippen LogP contribution in [0.5, 0.6) is 17.2 Å². The zero-order chi connectivity index (χ0) is 23.7. The fourth-order valence-corrected chi connectivity index (χ4v) is 5.38. The van der Waals surface area contributed by atoms with Gasteiger partial charge in [-0.15, -0.1) is 11.6 Å². The van der Waals surface area contributed by atoms with Crippen molar-refractivity contribution in [3.63, 3.8) is 0 Å². The number of amides is 2. The topological polar surface area (TPSA) is 68.3 Å². The molecule has 2 aromatic rings. The van der Waals surface area contributed by atoms with Gasteiger partial charge in [-0.05, 0) is 54.3 Å². The first-order valence-corrected chi connectivity index (χ1v) is 12.0. The second-order valence-corrected chi connectivity index (χ2v) is 9.20. The Morgan fingerprint density at radius 2 is 1.79 bits per heavy atom. The van der Waals surface area contributed by atoms with Gasteiger partial charge in [0.15, 0.2) is 11.5 Å². The SMILES string of the molecule is COc1cc(C2CC(N3CCCC3=O)c3cc(Br)ccc3N2C(=O)CCl)cc(OC)c1OC. The number of carbonyl (C=O) groups excluding carboxylic acids is 2.